The molecule has 1 aromatic rings. The van der Waals surface area contributed by atoms with Crippen molar-refractivity contribution in [1.82, 2.24) is 14.9 Å². The molecule has 1 saturated heterocycles. The lowest BCUT2D eigenvalue weighted by atomic mass is 10.3. The summed E-state index contributed by atoms with van der Waals surface area (Å²) in [6.07, 6.45) is 0. The van der Waals surface area contributed by atoms with E-state index >= 15 is 0 Å². The highest BCUT2D eigenvalue weighted by Gasteiger charge is 2.33. The van der Waals surface area contributed by atoms with E-state index in [2.05, 4.69) is 15.3 Å². The molecule has 3 rings (SSSR count). The molecule has 136 valence electrons. The zero-order valence-electron chi connectivity index (χ0n) is 14.0. The average molecular weight is 351 g/mol. The summed E-state index contributed by atoms with van der Waals surface area (Å²) in [5.41, 5.74) is 0. The highest BCUT2D eigenvalue weighted by molar-refractivity contribution is 6.02. The van der Waals surface area contributed by atoms with Gasteiger partial charge in [0.05, 0.1) is 19.8 Å². The molecular weight excluding hydrogens is 330 g/mol. The zero-order valence-corrected chi connectivity index (χ0v) is 14.0. The number of aromatic nitrogens is 2. The van der Waals surface area contributed by atoms with Crippen LogP contribution in [-0.2, 0) is 14.3 Å². The Morgan fingerprint density at radius 1 is 1.32 bits per heavy atom. The van der Waals surface area contributed by atoms with Crippen LogP contribution in [-0.4, -0.2) is 84.4 Å². The highest BCUT2D eigenvalue weighted by Crippen LogP contribution is 2.35. The Kier molecular flexibility index (Phi) is 5.29. The number of amides is 2. The number of hydrogen-bond acceptors (Lipinski definition) is 8. The maximum Gasteiger partial charge on any atom is 0.266 e. The Morgan fingerprint density at radius 3 is 2.80 bits per heavy atom. The zero-order chi connectivity index (χ0) is 17.8. The number of anilines is 2. The molecule has 2 amide bonds. The van der Waals surface area contributed by atoms with Gasteiger partial charge < -0.3 is 24.8 Å². The van der Waals surface area contributed by atoms with Crippen molar-refractivity contribution in [2.45, 2.75) is 6.92 Å². The molecule has 0 saturated carbocycles. The minimum absolute atomic E-state index is 0.0734. The number of aryl methyl sites for hydroxylation is 1. The number of nitrogens with one attached hydrogen (secondary N) is 1. The molecule has 0 bridgehead atoms. The summed E-state index contributed by atoms with van der Waals surface area (Å²) in [4.78, 5) is 36.3. The second-order valence-corrected chi connectivity index (χ2v) is 5.68. The van der Waals surface area contributed by atoms with E-state index in [0.717, 1.165) is 0 Å². The first-order valence-electron chi connectivity index (χ1n) is 8.12. The molecule has 2 aliphatic heterocycles. The van der Waals surface area contributed by atoms with Crippen LogP contribution in [0.15, 0.2) is 0 Å². The average Bonchev–Trinajstić information content (AvgIpc) is 2.62. The van der Waals surface area contributed by atoms with Gasteiger partial charge in [-0.15, -0.1) is 0 Å². The summed E-state index contributed by atoms with van der Waals surface area (Å²) >= 11 is 0. The van der Waals surface area contributed by atoms with Gasteiger partial charge in [-0.05, 0) is 6.92 Å². The lowest BCUT2D eigenvalue weighted by Crippen LogP contribution is -2.49. The quantitative estimate of drug-likeness (QED) is 0.677. The molecule has 10 nitrogen and oxygen atoms in total. The summed E-state index contributed by atoms with van der Waals surface area (Å²) in [6, 6.07) is 0. The third kappa shape index (κ3) is 3.80. The van der Waals surface area contributed by atoms with E-state index in [9.17, 15) is 9.59 Å². The van der Waals surface area contributed by atoms with Gasteiger partial charge in [-0.2, -0.15) is 0 Å². The van der Waals surface area contributed by atoms with E-state index in [1.165, 1.54) is 4.90 Å². The number of hydrogen-bond donors (Lipinski definition) is 2. The maximum absolute atomic E-state index is 12.5. The number of morpholine rings is 1. The van der Waals surface area contributed by atoms with Gasteiger partial charge in [-0.25, -0.2) is 9.97 Å². The van der Waals surface area contributed by atoms with Gasteiger partial charge in [0.2, 0.25) is 11.7 Å². The number of rotatable bonds is 5. The van der Waals surface area contributed by atoms with Gasteiger partial charge >= 0.3 is 0 Å². The summed E-state index contributed by atoms with van der Waals surface area (Å²) in [6.45, 7) is 3.61. The van der Waals surface area contributed by atoms with Gasteiger partial charge in [-0.3, -0.25) is 14.5 Å². The van der Waals surface area contributed by atoms with Crippen LogP contribution in [0.1, 0.15) is 5.82 Å². The van der Waals surface area contributed by atoms with E-state index in [1.54, 1.807) is 11.8 Å². The largest absolute Gasteiger partial charge is 0.476 e. The molecule has 3 heterocycles. The Bertz CT molecular complexity index is 662. The van der Waals surface area contributed by atoms with Crippen molar-refractivity contribution in [2.24, 2.45) is 0 Å². The van der Waals surface area contributed by atoms with Gasteiger partial charge in [0.15, 0.2) is 18.2 Å². The minimum Gasteiger partial charge on any atom is -0.476 e. The fourth-order valence-corrected chi connectivity index (χ4v) is 2.70. The monoisotopic (exact) mass is 351 g/mol. The van der Waals surface area contributed by atoms with Crippen molar-refractivity contribution in [3.63, 3.8) is 0 Å². The van der Waals surface area contributed by atoms with Crippen LogP contribution in [0.3, 0.4) is 0 Å². The smallest absolute Gasteiger partial charge is 0.266 e. The second-order valence-electron chi connectivity index (χ2n) is 5.68. The van der Waals surface area contributed by atoms with Gasteiger partial charge in [-0.1, -0.05) is 0 Å². The van der Waals surface area contributed by atoms with E-state index in [0.29, 0.717) is 43.7 Å². The lowest BCUT2D eigenvalue weighted by Gasteiger charge is -2.32. The summed E-state index contributed by atoms with van der Waals surface area (Å²) in [5, 5.41) is 11.9. The van der Waals surface area contributed by atoms with Gasteiger partial charge in [0, 0.05) is 19.6 Å². The third-order valence-corrected chi connectivity index (χ3v) is 3.92. The van der Waals surface area contributed by atoms with E-state index in [-0.39, 0.29) is 43.9 Å². The van der Waals surface area contributed by atoms with Crippen LogP contribution >= 0.6 is 0 Å². The Balaban J connectivity index is 1.84. The van der Waals surface area contributed by atoms with Crippen molar-refractivity contribution in [3.05, 3.63) is 5.82 Å². The third-order valence-electron chi connectivity index (χ3n) is 3.92. The molecule has 0 spiro atoms. The fourth-order valence-electron chi connectivity index (χ4n) is 2.70. The Labute approximate surface area is 144 Å². The van der Waals surface area contributed by atoms with E-state index < -0.39 is 0 Å². The molecule has 1 aromatic heterocycles. The van der Waals surface area contributed by atoms with Crippen molar-refractivity contribution in [1.29, 1.82) is 0 Å². The number of aliphatic hydroxyl groups is 1. The number of carbonyl (C=O) groups is 2. The number of ether oxygens (including phenoxy) is 2. The molecule has 0 radical (unpaired) electrons. The number of fused-ring (bicyclic) bond motifs is 1. The molecule has 0 aromatic carbocycles. The number of aliphatic hydroxyl groups excluding tert-OH is 1. The second kappa shape index (κ2) is 7.62. The number of carbonyl (C=O) groups excluding carboxylic acids is 2. The normalized spacial score (nSPS) is 17.1. The Hall–Kier alpha value is -2.46. The fraction of sp³-hybridized carbons (Fsp3) is 0.600. The Morgan fingerprint density at radius 2 is 2.08 bits per heavy atom. The van der Waals surface area contributed by atoms with Gasteiger partial charge in [0.1, 0.15) is 12.4 Å². The standard InChI is InChI=1S/C15H21N5O5/c1-10-17-14(16-2-5-21)13-15(18-10)20(12(23)9-25-13)8-11(22)19-3-6-24-7-4-19/h21H,2-9H2,1H3,(H,16,17,18). The minimum atomic E-state index is -0.333. The van der Waals surface area contributed by atoms with Crippen molar-refractivity contribution < 1.29 is 24.2 Å². The van der Waals surface area contributed by atoms with Crippen LogP contribution in [0, 0.1) is 6.92 Å². The molecule has 0 atom stereocenters. The topological polar surface area (TPSA) is 117 Å². The predicted molar refractivity (Wildman–Crippen MR) is 87.6 cm³/mol. The first-order valence-corrected chi connectivity index (χ1v) is 8.12. The predicted octanol–water partition coefficient (Wildman–Crippen LogP) is -1.23. The van der Waals surface area contributed by atoms with Crippen LogP contribution in [0.5, 0.6) is 5.75 Å². The summed E-state index contributed by atoms with van der Waals surface area (Å²) in [7, 11) is 0. The molecule has 1 fully saturated rings. The molecular formula is C15H21N5O5. The molecule has 0 unspecified atom stereocenters. The molecule has 2 N–H and O–H groups in total. The molecule has 10 heteroatoms. The molecule has 25 heavy (non-hydrogen) atoms. The van der Waals surface area contributed by atoms with Crippen molar-refractivity contribution >= 4 is 23.5 Å². The van der Waals surface area contributed by atoms with Crippen LogP contribution in [0.4, 0.5) is 11.6 Å². The SMILES string of the molecule is Cc1nc(NCCO)c2c(n1)N(CC(=O)N1CCOCC1)C(=O)CO2. The first-order chi connectivity index (χ1) is 12.1. The van der Waals surface area contributed by atoms with Crippen LogP contribution in [0.25, 0.3) is 0 Å². The van der Waals surface area contributed by atoms with E-state index in [4.69, 9.17) is 14.6 Å². The van der Waals surface area contributed by atoms with Crippen molar-refractivity contribution in [3.8, 4) is 5.75 Å². The first kappa shape index (κ1) is 17.4. The van der Waals surface area contributed by atoms with Crippen LogP contribution in [0.2, 0.25) is 0 Å². The summed E-state index contributed by atoms with van der Waals surface area (Å²) < 4.78 is 10.7. The molecule has 2 aliphatic rings. The highest BCUT2D eigenvalue weighted by atomic mass is 16.5. The summed E-state index contributed by atoms with van der Waals surface area (Å²) in [5.74, 6) is 0.916. The number of nitrogens with zero attached hydrogens (tertiary/aromatic N) is 4. The lowest BCUT2D eigenvalue weighted by molar-refractivity contribution is -0.135. The van der Waals surface area contributed by atoms with Gasteiger partial charge in [0.25, 0.3) is 5.91 Å². The molecule has 0 aliphatic carbocycles. The van der Waals surface area contributed by atoms with E-state index in [1.807, 2.05) is 0 Å². The van der Waals surface area contributed by atoms with Crippen molar-refractivity contribution in [2.75, 3.05) is 62.8 Å². The van der Waals surface area contributed by atoms with Crippen LogP contribution < -0.4 is 15.0 Å². The maximum atomic E-state index is 12.5.